The van der Waals surface area contributed by atoms with E-state index in [1.165, 1.54) is 24.3 Å². The Labute approximate surface area is 196 Å². The van der Waals surface area contributed by atoms with Crippen molar-refractivity contribution in [3.63, 3.8) is 0 Å². The molecular weight excluding hydrogens is 468 g/mol. The van der Waals surface area contributed by atoms with E-state index in [1.54, 1.807) is 26.1 Å². The predicted molar refractivity (Wildman–Crippen MR) is 129 cm³/mol. The SMILES string of the molecule is Cc1nc2cc(F)c(-c3ccc(P(C)C)nc3)nc2c(NC(C)c2c(F)cccc2F)c1Cl. The highest BCUT2D eigenvalue weighted by atomic mass is 35.5. The van der Waals surface area contributed by atoms with Crippen LogP contribution in [0.4, 0.5) is 18.9 Å². The normalized spacial score (nSPS) is 12.4. The predicted octanol–water partition coefficient (Wildman–Crippen LogP) is 6.61. The monoisotopic (exact) mass is 488 g/mol. The summed E-state index contributed by atoms with van der Waals surface area (Å²) in [5.41, 5.74) is 2.74. The number of aryl methyl sites for hydroxylation is 1. The molecule has 9 heteroatoms. The van der Waals surface area contributed by atoms with Crippen LogP contribution in [-0.2, 0) is 0 Å². The summed E-state index contributed by atoms with van der Waals surface area (Å²) in [5.74, 6) is -1.92. The third-order valence-electron chi connectivity index (χ3n) is 5.29. The van der Waals surface area contributed by atoms with E-state index in [0.717, 1.165) is 5.44 Å². The van der Waals surface area contributed by atoms with Crippen LogP contribution in [0.25, 0.3) is 22.3 Å². The van der Waals surface area contributed by atoms with E-state index < -0.39 is 23.5 Å². The van der Waals surface area contributed by atoms with E-state index in [0.29, 0.717) is 22.5 Å². The number of rotatable bonds is 5. The summed E-state index contributed by atoms with van der Waals surface area (Å²) in [5, 5.41) is 3.31. The molecule has 0 spiro atoms. The molecule has 0 amide bonds. The fourth-order valence-electron chi connectivity index (χ4n) is 3.60. The van der Waals surface area contributed by atoms with Crippen molar-refractivity contribution >= 4 is 41.7 Å². The van der Waals surface area contributed by atoms with E-state index in [2.05, 4.69) is 33.6 Å². The van der Waals surface area contributed by atoms with Crippen LogP contribution in [0.15, 0.2) is 42.6 Å². The highest BCUT2D eigenvalue weighted by Crippen LogP contribution is 2.36. The molecule has 4 nitrogen and oxygen atoms in total. The smallest absolute Gasteiger partial charge is 0.151 e. The minimum atomic E-state index is -0.779. The first-order valence-electron chi connectivity index (χ1n) is 10.2. The summed E-state index contributed by atoms with van der Waals surface area (Å²) in [7, 11) is -0.388. The molecule has 33 heavy (non-hydrogen) atoms. The highest BCUT2D eigenvalue weighted by Gasteiger charge is 2.22. The molecule has 0 radical (unpaired) electrons. The summed E-state index contributed by atoms with van der Waals surface area (Å²) in [6.45, 7) is 7.45. The second kappa shape index (κ2) is 9.24. The highest BCUT2D eigenvalue weighted by molar-refractivity contribution is 7.63. The van der Waals surface area contributed by atoms with Gasteiger partial charge in [0.1, 0.15) is 22.8 Å². The Morgan fingerprint density at radius 3 is 2.30 bits per heavy atom. The van der Waals surface area contributed by atoms with Crippen molar-refractivity contribution in [2.75, 3.05) is 18.6 Å². The summed E-state index contributed by atoms with van der Waals surface area (Å²) in [6, 6.07) is 7.81. The van der Waals surface area contributed by atoms with Gasteiger partial charge in [-0.05, 0) is 51.4 Å². The molecule has 0 aliphatic carbocycles. The van der Waals surface area contributed by atoms with Crippen molar-refractivity contribution < 1.29 is 13.2 Å². The Morgan fingerprint density at radius 2 is 1.70 bits per heavy atom. The first-order chi connectivity index (χ1) is 15.7. The van der Waals surface area contributed by atoms with Crippen LogP contribution < -0.4 is 10.8 Å². The van der Waals surface area contributed by atoms with Gasteiger partial charge in [-0.15, -0.1) is 0 Å². The van der Waals surface area contributed by atoms with Crippen LogP contribution >= 0.6 is 19.5 Å². The number of benzene rings is 1. The molecular formula is C24H21ClF3N4P. The van der Waals surface area contributed by atoms with Gasteiger partial charge in [0.25, 0.3) is 0 Å². The number of pyridine rings is 3. The average Bonchev–Trinajstić information content (AvgIpc) is 2.76. The van der Waals surface area contributed by atoms with E-state index in [1.807, 2.05) is 6.07 Å². The van der Waals surface area contributed by atoms with Gasteiger partial charge in [0.15, 0.2) is 5.82 Å². The van der Waals surface area contributed by atoms with Gasteiger partial charge < -0.3 is 5.32 Å². The molecule has 4 aromatic rings. The number of anilines is 1. The minimum Gasteiger partial charge on any atom is -0.375 e. The lowest BCUT2D eigenvalue weighted by Gasteiger charge is -2.20. The van der Waals surface area contributed by atoms with Crippen LogP contribution in [0.2, 0.25) is 5.02 Å². The number of halogens is 4. The topological polar surface area (TPSA) is 50.7 Å². The summed E-state index contributed by atoms with van der Waals surface area (Å²) < 4.78 is 43.6. The van der Waals surface area contributed by atoms with Crippen LogP contribution in [0.3, 0.4) is 0 Å². The molecule has 0 aliphatic rings. The number of fused-ring (bicyclic) bond motifs is 1. The molecule has 0 bridgehead atoms. The van der Waals surface area contributed by atoms with Crippen molar-refractivity contribution in [2.24, 2.45) is 0 Å². The average molecular weight is 489 g/mol. The molecule has 0 saturated heterocycles. The largest absolute Gasteiger partial charge is 0.375 e. The minimum absolute atomic E-state index is 0.0904. The van der Waals surface area contributed by atoms with Gasteiger partial charge in [-0.25, -0.2) is 23.1 Å². The van der Waals surface area contributed by atoms with Crippen LogP contribution in [0.5, 0.6) is 0 Å². The molecule has 1 atom stereocenters. The molecule has 170 valence electrons. The Hall–Kier alpha value is -2.76. The molecule has 0 fully saturated rings. The summed E-state index contributed by atoms with van der Waals surface area (Å²) in [4.78, 5) is 13.3. The Bertz CT molecular complexity index is 1330. The third-order valence-corrected chi connectivity index (χ3v) is 6.93. The lowest BCUT2D eigenvalue weighted by molar-refractivity contribution is 0.544. The quantitative estimate of drug-likeness (QED) is 0.321. The maximum Gasteiger partial charge on any atom is 0.151 e. The molecule has 1 N–H and O–H groups in total. The van der Waals surface area contributed by atoms with Crippen LogP contribution in [0, 0.1) is 24.4 Å². The Kier molecular flexibility index (Phi) is 6.55. The molecule has 4 rings (SSSR count). The number of nitrogens with one attached hydrogen (secondary N) is 1. The summed E-state index contributed by atoms with van der Waals surface area (Å²) >= 11 is 6.52. The first kappa shape index (κ1) is 23.4. The number of hydrogen-bond donors (Lipinski definition) is 1. The van der Waals surface area contributed by atoms with Gasteiger partial charge in [-0.2, -0.15) is 0 Å². The first-order valence-corrected chi connectivity index (χ1v) is 12.8. The van der Waals surface area contributed by atoms with Crippen molar-refractivity contribution in [3.05, 3.63) is 76.3 Å². The Balaban J connectivity index is 1.85. The van der Waals surface area contributed by atoms with Gasteiger partial charge in [0.05, 0.1) is 33.4 Å². The van der Waals surface area contributed by atoms with Gasteiger partial charge in [-0.1, -0.05) is 25.6 Å². The van der Waals surface area contributed by atoms with Gasteiger partial charge >= 0.3 is 0 Å². The fraction of sp³-hybridized carbons (Fsp3) is 0.208. The van der Waals surface area contributed by atoms with Crippen molar-refractivity contribution in [2.45, 2.75) is 19.9 Å². The lowest BCUT2D eigenvalue weighted by atomic mass is 10.1. The molecule has 1 unspecified atom stereocenters. The molecule has 3 heterocycles. The third kappa shape index (κ3) is 4.53. The van der Waals surface area contributed by atoms with E-state index in [4.69, 9.17) is 11.6 Å². The van der Waals surface area contributed by atoms with Gasteiger partial charge in [0, 0.05) is 23.4 Å². The molecule has 0 aliphatic heterocycles. The lowest BCUT2D eigenvalue weighted by Crippen LogP contribution is -2.13. The van der Waals surface area contributed by atoms with E-state index >= 15 is 0 Å². The fourth-order valence-corrected chi connectivity index (χ4v) is 4.45. The number of aromatic nitrogens is 3. The van der Waals surface area contributed by atoms with Gasteiger partial charge in [0.2, 0.25) is 0 Å². The zero-order chi connectivity index (χ0) is 23.9. The zero-order valence-electron chi connectivity index (χ0n) is 18.4. The second-order valence-electron chi connectivity index (χ2n) is 7.87. The zero-order valence-corrected chi connectivity index (χ0v) is 20.1. The number of hydrogen-bond acceptors (Lipinski definition) is 4. The second-order valence-corrected chi connectivity index (χ2v) is 10.5. The maximum atomic E-state index is 15.0. The standard InChI is InChI=1S/C24H21ClF3N4P/c1-12(20-15(26)6-5-7-16(20)27)31-24-21(25)13(2)30-18-10-17(28)22(32-23(18)24)14-8-9-19(29-11-14)33(3)4/h5-12H,1-4H3,(H,30,31). The van der Waals surface area contributed by atoms with Crippen molar-refractivity contribution in [1.82, 2.24) is 15.0 Å². The number of nitrogens with zero attached hydrogens (tertiary/aromatic N) is 3. The molecule has 1 aromatic carbocycles. The van der Waals surface area contributed by atoms with Gasteiger partial charge in [-0.3, -0.25) is 4.98 Å². The van der Waals surface area contributed by atoms with E-state index in [-0.39, 0.29) is 29.7 Å². The summed E-state index contributed by atoms with van der Waals surface area (Å²) in [6.07, 6.45) is 1.59. The van der Waals surface area contributed by atoms with Crippen molar-refractivity contribution in [3.8, 4) is 11.3 Å². The Morgan fingerprint density at radius 1 is 1.00 bits per heavy atom. The molecule has 3 aromatic heterocycles. The van der Waals surface area contributed by atoms with Crippen LogP contribution in [-0.4, -0.2) is 28.3 Å². The van der Waals surface area contributed by atoms with E-state index in [9.17, 15) is 13.2 Å². The van der Waals surface area contributed by atoms with Crippen molar-refractivity contribution in [1.29, 1.82) is 0 Å². The van der Waals surface area contributed by atoms with Crippen LogP contribution in [0.1, 0.15) is 24.2 Å². The maximum absolute atomic E-state index is 15.0. The molecule has 0 saturated carbocycles.